The SMILES string of the molecule is Cc1ccc(C(=O)O)cc1N1CCOCC1=O. The van der Waals surface area contributed by atoms with Gasteiger partial charge in [-0.1, -0.05) is 6.07 Å². The van der Waals surface area contributed by atoms with Crippen LogP contribution in [0.15, 0.2) is 18.2 Å². The molecule has 0 atom stereocenters. The lowest BCUT2D eigenvalue weighted by Crippen LogP contribution is -2.42. The molecule has 1 aromatic rings. The third kappa shape index (κ3) is 2.29. The van der Waals surface area contributed by atoms with E-state index in [4.69, 9.17) is 9.84 Å². The van der Waals surface area contributed by atoms with Crippen molar-refractivity contribution in [1.29, 1.82) is 0 Å². The molecule has 1 aliphatic heterocycles. The van der Waals surface area contributed by atoms with Crippen molar-refractivity contribution in [3.8, 4) is 0 Å². The summed E-state index contributed by atoms with van der Waals surface area (Å²) in [6.07, 6.45) is 0. The number of benzene rings is 1. The summed E-state index contributed by atoms with van der Waals surface area (Å²) in [6, 6.07) is 4.77. The number of rotatable bonds is 2. The van der Waals surface area contributed by atoms with Crippen molar-refractivity contribution in [3.63, 3.8) is 0 Å². The van der Waals surface area contributed by atoms with Gasteiger partial charge in [0.25, 0.3) is 5.91 Å². The highest BCUT2D eigenvalue weighted by Gasteiger charge is 2.22. The van der Waals surface area contributed by atoms with Gasteiger partial charge in [0.1, 0.15) is 6.61 Å². The van der Waals surface area contributed by atoms with E-state index in [1.807, 2.05) is 6.92 Å². The molecule has 0 radical (unpaired) electrons. The molecule has 0 unspecified atom stereocenters. The van der Waals surface area contributed by atoms with Crippen LogP contribution in [0, 0.1) is 6.92 Å². The Bertz CT molecular complexity index is 470. The van der Waals surface area contributed by atoms with Crippen molar-refractivity contribution < 1.29 is 19.4 Å². The third-order valence-electron chi connectivity index (χ3n) is 2.73. The Morgan fingerprint density at radius 3 is 2.88 bits per heavy atom. The summed E-state index contributed by atoms with van der Waals surface area (Å²) in [7, 11) is 0. The number of carbonyl (C=O) groups is 2. The van der Waals surface area contributed by atoms with E-state index in [0.29, 0.717) is 18.8 Å². The van der Waals surface area contributed by atoms with Crippen LogP contribution in [-0.4, -0.2) is 36.7 Å². The number of hydrogen-bond acceptors (Lipinski definition) is 3. The molecule has 17 heavy (non-hydrogen) atoms. The molecule has 0 aliphatic carbocycles. The maximum absolute atomic E-state index is 11.7. The highest BCUT2D eigenvalue weighted by atomic mass is 16.5. The van der Waals surface area contributed by atoms with Gasteiger partial charge in [-0.3, -0.25) is 4.79 Å². The molecule has 90 valence electrons. The quantitative estimate of drug-likeness (QED) is 0.832. The van der Waals surface area contributed by atoms with Crippen molar-refractivity contribution in [3.05, 3.63) is 29.3 Å². The minimum absolute atomic E-state index is 0.0523. The van der Waals surface area contributed by atoms with Crippen molar-refractivity contribution in [2.75, 3.05) is 24.7 Å². The molecular formula is C12H13NO4. The predicted octanol–water partition coefficient (Wildman–Crippen LogP) is 1.06. The van der Waals surface area contributed by atoms with Crippen LogP contribution in [0.3, 0.4) is 0 Å². The van der Waals surface area contributed by atoms with Gasteiger partial charge in [0.05, 0.1) is 12.2 Å². The molecule has 1 aliphatic rings. The zero-order valence-electron chi connectivity index (χ0n) is 9.47. The van der Waals surface area contributed by atoms with E-state index in [1.165, 1.54) is 12.1 Å². The molecule has 1 saturated heterocycles. The van der Waals surface area contributed by atoms with E-state index in [-0.39, 0.29) is 18.1 Å². The molecule has 1 N–H and O–H groups in total. The number of morpholine rings is 1. The summed E-state index contributed by atoms with van der Waals surface area (Å²) >= 11 is 0. The van der Waals surface area contributed by atoms with Crippen molar-refractivity contribution in [2.45, 2.75) is 6.92 Å². The van der Waals surface area contributed by atoms with Gasteiger partial charge in [-0.2, -0.15) is 0 Å². The molecule has 1 amide bonds. The molecule has 0 spiro atoms. The van der Waals surface area contributed by atoms with Gasteiger partial charge < -0.3 is 14.7 Å². The first-order chi connectivity index (χ1) is 8.09. The number of carboxylic acid groups (broad SMARTS) is 1. The van der Waals surface area contributed by atoms with Gasteiger partial charge in [-0.05, 0) is 24.6 Å². The highest BCUT2D eigenvalue weighted by Crippen LogP contribution is 2.23. The molecule has 0 bridgehead atoms. The Morgan fingerprint density at radius 1 is 1.47 bits per heavy atom. The Kier molecular flexibility index (Phi) is 3.10. The summed E-state index contributed by atoms with van der Waals surface area (Å²) in [5, 5.41) is 8.94. The van der Waals surface area contributed by atoms with E-state index in [0.717, 1.165) is 5.56 Å². The normalized spacial score (nSPS) is 16.1. The lowest BCUT2D eigenvalue weighted by molar-refractivity contribution is -0.125. The molecule has 0 aromatic heterocycles. The fourth-order valence-electron chi connectivity index (χ4n) is 1.81. The van der Waals surface area contributed by atoms with Crippen LogP contribution in [0.5, 0.6) is 0 Å². The minimum atomic E-state index is -0.994. The van der Waals surface area contributed by atoms with Gasteiger partial charge in [-0.25, -0.2) is 4.79 Å². The van der Waals surface area contributed by atoms with E-state index < -0.39 is 5.97 Å². The third-order valence-corrected chi connectivity index (χ3v) is 2.73. The fourth-order valence-corrected chi connectivity index (χ4v) is 1.81. The first-order valence-electron chi connectivity index (χ1n) is 5.31. The van der Waals surface area contributed by atoms with E-state index >= 15 is 0 Å². The number of aromatic carboxylic acids is 1. The van der Waals surface area contributed by atoms with Crippen molar-refractivity contribution >= 4 is 17.6 Å². The molecule has 1 fully saturated rings. The number of carbonyl (C=O) groups excluding carboxylic acids is 1. The molecule has 5 nitrogen and oxygen atoms in total. The van der Waals surface area contributed by atoms with Crippen LogP contribution in [0.2, 0.25) is 0 Å². The first-order valence-corrected chi connectivity index (χ1v) is 5.31. The van der Waals surface area contributed by atoms with Gasteiger partial charge in [0.15, 0.2) is 0 Å². The number of amides is 1. The summed E-state index contributed by atoms with van der Waals surface area (Å²) in [6.45, 7) is 2.84. The predicted molar refractivity (Wildman–Crippen MR) is 61.3 cm³/mol. The smallest absolute Gasteiger partial charge is 0.335 e. The molecule has 1 aromatic carbocycles. The minimum Gasteiger partial charge on any atom is -0.478 e. The molecular weight excluding hydrogens is 222 g/mol. The second kappa shape index (κ2) is 4.55. The van der Waals surface area contributed by atoms with Gasteiger partial charge >= 0.3 is 5.97 Å². The summed E-state index contributed by atoms with van der Waals surface area (Å²) < 4.78 is 5.04. The lowest BCUT2D eigenvalue weighted by atomic mass is 10.1. The number of hydrogen-bond donors (Lipinski definition) is 1. The second-order valence-corrected chi connectivity index (χ2v) is 3.90. The lowest BCUT2D eigenvalue weighted by Gasteiger charge is -2.28. The second-order valence-electron chi connectivity index (χ2n) is 3.90. The Balaban J connectivity index is 2.39. The summed E-state index contributed by atoms with van der Waals surface area (Å²) in [5.74, 6) is -1.13. The van der Waals surface area contributed by atoms with E-state index in [9.17, 15) is 9.59 Å². The largest absolute Gasteiger partial charge is 0.478 e. The highest BCUT2D eigenvalue weighted by molar-refractivity contribution is 5.97. The number of carboxylic acids is 1. The maximum Gasteiger partial charge on any atom is 0.335 e. The van der Waals surface area contributed by atoms with Crippen molar-refractivity contribution in [2.24, 2.45) is 0 Å². The Morgan fingerprint density at radius 2 is 2.24 bits per heavy atom. The van der Waals surface area contributed by atoms with Crippen molar-refractivity contribution in [1.82, 2.24) is 0 Å². The van der Waals surface area contributed by atoms with Crippen LogP contribution in [0.25, 0.3) is 0 Å². The van der Waals surface area contributed by atoms with E-state index in [2.05, 4.69) is 0 Å². The first kappa shape index (κ1) is 11.6. The van der Waals surface area contributed by atoms with Crippen LogP contribution in [0.4, 0.5) is 5.69 Å². The number of aryl methyl sites for hydroxylation is 1. The van der Waals surface area contributed by atoms with Gasteiger partial charge in [0, 0.05) is 12.2 Å². The maximum atomic E-state index is 11.7. The zero-order valence-corrected chi connectivity index (χ0v) is 9.47. The summed E-state index contributed by atoms with van der Waals surface area (Å²) in [5.41, 5.74) is 1.72. The average Bonchev–Trinajstić information content (AvgIpc) is 2.30. The van der Waals surface area contributed by atoms with Crippen LogP contribution in [0.1, 0.15) is 15.9 Å². The van der Waals surface area contributed by atoms with Gasteiger partial charge in [0.2, 0.25) is 0 Å². The Labute approximate surface area is 98.6 Å². The molecule has 5 heteroatoms. The van der Waals surface area contributed by atoms with Gasteiger partial charge in [-0.15, -0.1) is 0 Å². The zero-order chi connectivity index (χ0) is 12.4. The standard InChI is InChI=1S/C12H13NO4/c1-8-2-3-9(12(15)16)6-10(8)13-4-5-17-7-11(13)14/h2-3,6H,4-5,7H2,1H3,(H,15,16). The Hall–Kier alpha value is -1.88. The number of ether oxygens (including phenoxy) is 1. The van der Waals surface area contributed by atoms with Crippen LogP contribution < -0.4 is 4.90 Å². The molecule has 1 heterocycles. The average molecular weight is 235 g/mol. The van der Waals surface area contributed by atoms with Crippen LogP contribution >= 0.6 is 0 Å². The number of nitrogens with zero attached hydrogens (tertiary/aromatic N) is 1. The monoisotopic (exact) mass is 235 g/mol. The van der Waals surface area contributed by atoms with E-state index in [1.54, 1.807) is 11.0 Å². The fraction of sp³-hybridized carbons (Fsp3) is 0.333. The molecule has 2 rings (SSSR count). The number of anilines is 1. The molecule has 0 saturated carbocycles. The van der Waals surface area contributed by atoms with Crippen LogP contribution in [-0.2, 0) is 9.53 Å². The summed E-state index contributed by atoms with van der Waals surface area (Å²) in [4.78, 5) is 24.2. The topological polar surface area (TPSA) is 66.8 Å².